The number of carbonyl (C=O) groups excluding carboxylic acids is 1. The molecule has 0 N–H and O–H groups in total. The minimum atomic E-state index is -0.490. The molecule has 2 aliphatic heterocycles. The molecule has 1 saturated heterocycles. The third-order valence-electron chi connectivity index (χ3n) is 4.65. The molecular weight excluding hydrogens is 306 g/mol. The van der Waals surface area contributed by atoms with Gasteiger partial charge in [0.05, 0.1) is 5.69 Å². The van der Waals surface area contributed by atoms with Crippen LogP contribution in [0.4, 0.5) is 4.79 Å². The van der Waals surface area contributed by atoms with Crippen molar-refractivity contribution in [1.29, 1.82) is 0 Å². The second-order valence-electron chi connectivity index (χ2n) is 7.81. The summed E-state index contributed by atoms with van der Waals surface area (Å²) in [6, 6.07) is 1.66. The molecule has 1 amide bonds. The first kappa shape index (κ1) is 17.0. The van der Waals surface area contributed by atoms with Gasteiger partial charge in [-0.25, -0.2) is 9.78 Å². The number of ether oxygens (including phenoxy) is 1. The summed E-state index contributed by atoms with van der Waals surface area (Å²) in [6.07, 6.45) is 4.69. The second-order valence-corrected chi connectivity index (χ2v) is 7.81. The van der Waals surface area contributed by atoms with Gasteiger partial charge in [0.15, 0.2) is 0 Å². The van der Waals surface area contributed by atoms with Crippen molar-refractivity contribution in [2.24, 2.45) is 0 Å². The zero-order valence-electron chi connectivity index (χ0n) is 14.9. The predicted octanol–water partition coefficient (Wildman–Crippen LogP) is 2.69. The van der Waals surface area contributed by atoms with Crippen LogP contribution in [-0.4, -0.2) is 39.2 Å². The number of nitrogens with zero attached hydrogens (tertiary/aromatic N) is 3. The molecule has 0 bridgehead atoms. The number of hydrogen-bond acceptors (Lipinski definition) is 4. The van der Waals surface area contributed by atoms with Crippen molar-refractivity contribution < 1.29 is 9.53 Å². The average Bonchev–Trinajstić information content (AvgIpc) is 2.85. The molecule has 6 nitrogen and oxygen atoms in total. The van der Waals surface area contributed by atoms with E-state index in [9.17, 15) is 9.59 Å². The Balaban J connectivity index is 1.74. The molecule has 1 aromatic heterocycles. The lowest BCUT2D eigenvalue weighted by atomic mass is 10.0. The Hall–Kier alpha value is -1.85. The molecule has 2 aliphatic rings. The molecule has 1 aromatic rings. The zero-order valence-corrected chi connectivity index (χ0v) is 14.9. The molecule has 0 aromatic carbocycles. The number of hydrogen-bond donors (Lipinski definition) is 0. The molecule has 0 saturated carbocycles. The van der Waals surface area contributed by atoms with E-state index < -0.39 is 5.60 Å². The van der Waals surface area contributed by atoms with Gasteiger partial charge in [-0.05, 0) is 40.0 Å². The SMILES string of the molecule is CC(C)(C)OC(=O)N1CCC(c2cc(=O)n3c(n2)CCCCC3)C1. The van der Waals surface area contributed by atoms with Crippen LogP contribution in [0, 0.1) is 0 Å². The molecule has 0 radical (unpaired) electrons. The van der Waals surface area contributed by atoms with Crippen LogP contribution in [0.1, 0.15) is 63.9 Å². The van der Waals surface area contributed by atoms with Gasteiger partial charge in [0.1, 0.15) is 11.4 Å². The maximum Gasteiger partial charge on any atom is 0.410 e. The van der Waals surface area contributed by atoms with Crippen LogP contribution in [0.2, 0.25) is 0 Å². The van der Waals surface area contributed by atoms with Gasteiger partial charge in [-0.3, -0.25) is 9.36 Å². The van der Waals surface area contributed by atoms with E-state index in [2.05, 4.69) is 0 Å². The highest BCUT2D eigenvalue weighted by Gasteiger charge is 2.31. The normalized spacial score (nSPS) is 21.3. The van der Waals surface area contributed by atoms with Gasteiger partial charge in [0.25, 0.3) is 5.56 Å². The maximum atomic E-state index is 12.4. The third-order valence-corrected chi connectivity index (χ3v) is 4.65. The Morgan fingerprint density at radius 2 is 2.04 bits per heavy atom. The Morgan fingerprint density at radius 1 is 1.25 bits per heavy atom. The summed E-state index contributed by atoms with van der Waals surface area (Å²) in [7, 11) is 0. The van der Waals surface area contributed by atoms with E-state index in [0.29, 0.717) is 13.1 Å². The fraction of sp³-hybridized carbons (Fsp3) is 0.722. The molecule has 1 fully saturated rings. The monoisotopic (exact) mass is 333 g/mol. The molecule has 1 atom stereocenters. The summed E-state index contributed by atoms with van der Waals surface area (Å²) >= 11 is 0. The lowest BCUT2D eigenvalue weighted by Crippen LogP contribution is -2.35. The smallest absolute Gasteiger partial charge is 0.410 e. The van der Waals surface area contributed by atoms with E-state index in [1.54, 1.807) is 11.0 Å². The average molecular weight is 333 g/mol. The van der Waals surface area contributed by atoms with Crippen molar-refractivity contribution >= 4 is 6.09 Å². The van der Waals surface area contributed by atoms with E-state index in [1.807, 2.05) is 25.3 Å². The van der Waals surface area contributed by atoms with Crippen LogP contribution in [-0.2, 0) is 17.7 Å². The Labute approximate surface area is 142 Å². The highest BCUT2D eigenvalue weighted by Crippen LogP contribution is 2.27. The van der Waals surface area contributed by atoms with Gasteiger partial charge in [-0.1, -0.05) is 6.42 Å². The summed E-state index contributed by atoms with van der Waals surface area (Å²) in [5.41, 5.74) is 0.392. The number of aryl methyl sites for hydroxylation is 1. The summed E-state index contributed by atoms with van der Waals surface area (Å²) in [4.78, 5) is 31.1. The quantitative estimate of drug-likeness (QED) is 0.792. The van der Waals surface area contributed by atoms with E-state index >= 15 is 0 Å². The largest absolute Gasteiger partial charge is 0.444 e. The Bertz CT molecular complexity index is 675. The van der Waals surface area contributed by atoms with Gasteiger partial charge in [0.2, 0.25) is 0 Å². The predicted molar refractivity (Wildman–Crippen MR) is 91.2 cm³/mol. The number of likely N-dealkylation sites (tertiary alicyclic amines) is 1. The van der Waals surface area contributed by atoms with E-state index in [4.69, 9.17) is 9.72 Å². The number of carbonyl (C=O) groups is 1. The summed E-state index contributed by atoms with van der Waals surface area (Å²) in [5.74, 6) is 1.03. The molecule has 0 aliphatic carbocycles. The topological polar surface area (TPSA) is 64.4 Å². The molecule has 3 rings (SSSR count). The van der Waals surface area contributed by atoms with Crippen molar-refractivity contribution in [3.05, 3.63) is 27.9 Å². The van der Waals surface area contributed by atoms with Gasteiger partial charge >= 0.3 is 6.09 Å². The minimum Gasteiger partial charge on any atom is -0.444 e. The van der Waals surface area contributed by atoms with Crippen LogP contribution >= 0.6 is 0 Å². The minimum absolute atomic E-state index is 0.0487. The molecule has 0 spiro atoms. The van der Waals surface area contributed by atoms with Crippen LogP contribution in [0.3, 0.4) is 0 Å². The Morgan fingerprint density at radius 3 is 2.79 bits per heavy atom. The molecule has 6 heteroatoms. The highest BCUT2D eigenvalue weighted by molar-refractivity contribution is 5.68. The van der Waals surface area contributed by atoms with Crippen molar-refractivity contribution in [1.82, 2.24) is 14.5 Å². The van der Waals surface area contributed by atoms with Crippen molar-refractivity contribution in [2.45, 2.75) is 70.9 Å². The fourth-order valence-electron chi connectivity index (χ4n) is 3.44. The highest BCUT2D eigenvalue weighted by atomic mass is 16.6. The first-order valence-electron chi connectivity index (χ1n) is 8.92. The van der Waals surface area contributed by atoms with Crippen molar-refractivity contribution in [2.75, 3.05) is 13.1 Å². The summed E-state index contributed by atoms with van der Waals surface area (Å²) in [5, 5.41) is 0. The summed E-state index contributed by atoms with van der Waals surface area (Å²) < 4.78 is 7.25. The standard InChI is InChI=1S/C18H27N3O3/c1-18(2,3)24-17(23)20-10-8-13(12-20)14-11-16(22)21-9-6-4-5-7-15(21)19-14/h11,13H,4-10,12H2,1-3H3. The maximum absolute atomic E-state index is 12.4. The van der Waals surface area contributed by atoms with Gasteiger partial charge in [-0.2, -0.15) is 0 Å². The molecule has 1 unspecified atom stereocenters. The molecular formula is C18H27N3O3. The van der Waals surface area contributed by atoms with Gasteiger partial charge in [0, 0.05) is 38.0 Å². The number of fused-ring (bicyclic) bond motifs is 1. The third kappa shape index (κ3) is 3.79. The summed E-state index contributed by atoms with van der Waals surface area (Å²) in [6.45, 7) is 7.61. The lowest BCUT2D eigenvalue weighted by molar-refractivity contribution is 0.0292. The van der Waals surface area contributed by atoms with Gasteiger partial charge < -0.3 is 9.64 Å². The van der Waals surface area contributed by atoms with Crippen molar-refractivity contribution in [3.8, 4) is 0 Å². The van der Waals surface area contributed by atoms with Crippen LogP contribution < -0.4 is 5.56 Å². The van der Waals surface area contributed by atoms with Crippen molar-refractivity contribution in [3.63, 3.8) is 0 Å². The molecule has 24 heavy (non-hydrogen) atoms. The zero-order chi connectivity index (χ0) is 17.3. The number of amides is 1. The van der Waals surface area contributed by atoms with Crippen LogP contribution in [0.15, 0.2) is 10.9 Å². The molecule has 132 valence electrons. The lowest BCUT2D eigenvalue weighted by Gasteiger charge is -2.24. The Kier molecular flexibility index (Phi) is 4.65. The van der Waals surface area contributed by atoms with Gasteiger partial charge in [-0.15, -0.1) is 0 Å². The first-order valence-corrected chi connectivity index (χ1v) is 8.92. The van der Waals surface area contributed by atoms with E-state index in [1.165, 1.54) is 0 Å². The van der Waals surface area contributed by atoms with E-state index in [0.717, 1.165) is 50.2 Å². The first-order chi connectivity index (χ1) is 11.3. The molecule has 3 heterocycles. The fourth-order valence-corrected chi connectivity index (χ4v) is 3.44. The second kappa shape index (κ2) is 6.57. The van der Waals surface area contributed by atoms with Crippen LogP contribution in [0.25, 0.3) is 0 Å². The number of rotatable bonds is 1. The van der Waals surface area contributed by atoms with E-state index in [-0.39, 0.29) is 17.6 Å². The van der Waals surface area contributed by atoms with Crippen LogP contribution in [0.5, 0.6) is 0 Å². The number of aromatic nitrogens is 2.